The van der Waals surface area contributed by atoms with Crippen molar-refractivity contribution in [2.24, 2.45) is 30.5 Å². The topological polar surface area (TPSA) is 43.8 Å². The lowest BCUT2D eigenvalue weighted by molar-refractivity contribution is 0.279. The van der Waals surface area contributed by atoms with E-state index in [2.05, 4.69) is 11.2 Å². The SMILES string of the molecule is Cn1ccc(CC(N)C2CC3CCC2C3)n1. The summed E-state index contributed by atoms with van der Waals surface area (Å²) in [5.41, 5.74) is 7.51. The van der Waals surface area contributed by atoms with Crippen LogP contribution in [0.4, 0.5) is 0 Å². The first kappa shape index (κ1) is 10.3. The maximum atomic E-state index is 6.36. The van der Waals surface area contributed by atoms with Crippen LogP contribution in [0.15, 0.2) is 12.3 Å². The van der Waals surface area contributed by atoms with Crippen molar-refractivity contribution in [1.29, 1.82) is 0 Å². The van der Waals surface area contributed by atoms with Crippen LogP contribution in [0.2, 0.25) is 0 Å². The number of fused-ring (bicyclic) bond motifs is 2. The standard InChI is InChI=1S/C13H21N3/c1-16-5-4-11(15-16)8-13(14)12-7-9-2-3-10(12)6-9/h4-5,9-10,12-13H,2-3,6-8,14H2,1H3. The molecule has 2 aliphatic carbocycles. The molecular formula is C13H21N3. The van der Waals surface area contributed by atoms with Gasteiger partial charge < -0.3 is 5.73 Å². The van der Waals surface area contributed by atoms with Crippen molar-refractivity contribution in [2.45, 2.75) is 38.1 Å². The summed E-state index contributed by atoms with van der Waals surface area (Å²) in [5, 5.41) is 4.42. The Kier molecular flexibility index (Phi) is 2.51. The average molecular weight is 219 g/mol. The predicted octanol–water partition coefficient (Wildman–Crippen LogP) is 1.73. The molecule has 0 radical (unpaired) electrons. The van der Waals surface area contributed by atoms with E-state index >= 15 is 0 Å². The number of nitrogens with two attached hydrogens (primary N) is 1. The molecule has 2 saturated carbocycles. The van der Waals surface area contributed by atoms with Crippen molar-refractivity contribution in [2.75, 3.05) is 0 Å². The lowest BCUT2D eigenvalue weighted by Crippen LogP contribution is -2.35. The van der Waals surface area contributed by atoms with Crippen LogP contribution < -0.4 is 5.73 Å². The Bertz CT molecular complexity index is 371. The minimum atomic E-state index is 0.324. The van der Waals surface area contributed by atoms with E-state index in [1.54, 1.807) is 0 Å². The summed E-state index contributed by atoms with van der Waals surface area (Å²) in [6.07, 6.45) is 8.65. The van der Waals surface area contributed by atoms with Crippen molar-refractivity contribution in [3.05, 3.63) is 18.0 Å². The van der Waals surface area contributed by atoms with Gasteiger partial charge in [0.2, 0.25) is 0 Å². The molecule has 2 fully saturated rings. The molecule has 0 aliphatic heterocycles. The molecule has 1 aromatic rings. The van der Waals surface area contributed by atoms with Crippen molar-refractivity contribution < 1.29 is 0 Å². The Morgan fingerprint density at radius 3 is 2.94 bits per heavy atom. The molecule has 3 heteroatoms. The van der Waals surface area contributed by atoms with E-state index in [1.807, 2.05) is 17.9 Å². The molecule has 0 aromatic carbocycles. The first-order valence-electron chi connectivity index (χ1n) is 6.46. The maximum absolute atomic E-state index is 6.36. The Balaban J connectivity index is 1.63. The van der Waals surface area contributed by atoms with E-state index < -0.39 is 0 Å². The van der Waals surface area contributed by atoms with Gasteiger partial charge in [-0.05, 0) is 43.1 Å². The summed E-state index contributed by atoms with van der Waals surface area (Å²) in [6.45, 7) is 0. The molecule has 88 valence electrons. The molecule has 0 amide bonds. The van der Waals surface area contributed by atoms with Gasteiger partial charge in [-0.1, -0.05) is 6.42 Å². The molecule has 2 bridgehead atoms. The number of aryl methyl sites for hydroxylation is 1. The van der Waals surface area contributed by atoms with Gasteiger partial charge in [-0.2, -0.15) is 5.10 Å². The van der Waals surface area contributed by atoms with Gasteiger partial charge in [-0.25, -0.2) is 0 Å². The number of nitrogens with zero attached hydrogens (tertiary/aromatic N) is 2. The normalized spacial score (nSPS) is 34.5. The van der Waals surface area contributed by atoms with Crippen LogP contribution in [0.1, 0.15) is 31.4 Å². The van der Waals surface area contributed by atoms with Gasteiger partial charge in [0, 0.05) is 25.7 Å². The van der Waals surface area contributed by atoms with Gasteiger partial charge in [-0.3, -0.25) is 4.68 Å². The molecule has 1 heterocycles. The summed E-state index contributed by atoms with van der Waals surface area (Å²) < 4.78 is 1.86. The molecule has 4 unspecified atom stereocenters. The van der Waals surface area contributed by atoms with Crippen LogP contribution >= 0.6 is 0 Å². The predicted molar refractivity (Wildman–Crippen MR) is 63.8 cm³/mol. The fourth-order valence-electron chi connectivity index (χ4n) is 3.78. The highest BCUT2D eigenvalue weighted by Gasteiger charge is 2.41. The Labute approximate surface area is 97.0 Å². The monoisotopic (exact) mass is 219 g/mol. The van der Waals surface area contributed by atoms with E-state index in [-0.39, 0.29) is 0 Å². The molecule has 1 aromatic heterocycles. The number of aromatic nitrogens is 2. The zero-order chi connectivity index (χ0) is 11.1. The van der Waals surface area contributed by atoms with E-state index in [9.17, 15) is 0 Å². The molecule has 2 N–H and O–H groups in total. The number of hydrogen-bond acceptors (Lipinski definition) is 2. The van der Waals surface area contributed by atoms with Gasteiger partial charge >= 0.3 is 0 Å². The minimum Gasteiger partial charge on any atom is -0.327 e. The second-order valence-corrected chi connectivity index (χ2v) is 5.69. The first-order chi connectivity index (χ1) is 7.72. The highest BCUT2D eigenvalue weighted by atomic mass is 15.2. The van der Waals surface area contributed by atoms with E-state index in [0.717, 1.165) is 29.9 Å². The van der Waals surface area contributed by atoms with Gasteiger partial charge in [0.15, 0.2) is 0 Å². The maximum Gasteiger partial charge on any atom is 0.0640 e. The fraction of sp³-hybridized carbons (Fsp3) is 0.769. The Hall–Kier alpha value is -0.830. The van der Waals surface area contributed by atoms with Crippen LogP contribution in [0.25, 0.3) is 0 Å². The summed E-state index contributed by atoms with van der Waals surface area (Å²) in [5.74, 6) is 2.68. The number of hydrogen-bond donors (Lipinski definition) is 1. The fourth-order valence-corrected chi connectivity index (χ4v) is 3.78. The van der Waals surface area contributed by atoms with E-state index in [0.29, 0.717) is 6.04 Å². The second-order valence-electron chi connectivity index (χ2n) is 5.69. The third-order valence-electron chi connectivity index (χ3n) is 4.56. The van der Waals surface area contributed by atoms with Gasteiger partial charge in [0.1, 0.15) is 0 Å². The average Bonchev–Trinajstić information content (AvgIpc) is 2.93. The molecule has 0 spiro atoms. The lowest BCUT2D eigenvalue weighted by atomic mass is 9.82. The number of rotatable bonds is 3. The lowest BCUT2D eigenvalue weighted by Gasteiger charge is -2.27. The van der Waals surface area contributed by atoms with Crippen LogP contribution in [-0.4, -0.2) is 15.8 Å². The van der Waals surface area contributed by atoms with Crippen molar-refractivity contribution in [3.8, 4) is 0 Å². The van der Waals surface area contributed by atoms with Crippen molar-refractivity contribution in [1.82, 2.24) is 9.78 Å². The Morgan fingerprint density at radius 1 is 1.50 bits per heavy atom. The molecule has 2 aliphatic rings. The summed E-state index contributed by atoms with van der Waals surface area (Å²) >= 11 is 0. The van der Waals surface area contributed by atoms with Gasteiger partial charge in [-0.15, -0.1) is 0 Å². The molecule has 16 heavy (non-hydrogen) atoms. The van der Waals surface area contributed by atoms with Crippen LogP contribution in [0.5, 0.6) is 0 Å². The summed E-state index contributed by atoms with van der Waals surface area (Å²) in [7, 11) is 1.96. The largest absolute Gasteiger partial charge is 0.327 e. The molecular weight excluding hydrogens is 198 g/mol. The van der Waals surface area contributed by atoms with Crippen molar-refractivity contribution in [3.63, 3.8) is 0 Å². The summed E-state index contributed by atoms with van der Waals surface area (Å²) in [6, 6.07) is 2.41. The third-order valence-corrected chi connectivity index (χ3v) is 4.56. The van der Waals surface area contributed by atoms with Crippen LogP contribution in [0, 0.1) is 17.8 Å². The highest BCUT2D eigenvalue weighted by molar-refractivity contribution is 5.04. The molecule has 4 atom stereocenters. The van der Waals surface area contributed by atoms with E-state index in [4.69, 9.17) is 5.73 Å². The zero-order valence-electron chi connectivity index (χ0n) is 9.97. The van der Waals surface area contributed by atoms with Crippen molar-refractivity contribution >= 4 is 0 Å². The minimum absolute atomic E-state index is 0.324. The van der Waals surface area contributed by atoms with Gasteiger partial charge in [0.25, 0.3) is 0 Å². The van der Waals surface area contributed by atoms with Gasteiger partial charge in [0.05, 0.1) is 5.69 Å². The zero-order valence-corrected chi connectivity index (χ0v) is 9.97. The third kappa shape index (κ3) is 1.77. The smallest absolute Gasteiger partial charge is 0.0640 e. The molecule has 3 rings (SSSR count). The van der Waals surface area contributed by atoms with Crippen LogP contribution in [0.3, 0.4) is 0 Å². The first-order valence-corrected chi connectivity index (χ1v) is 6.46. The second kappa shape index (κ2) is 3.88. The van der Waals surface area contributed by atoms with E-state index in [1.165, 1.54) is 25.7 Å². The summed E-state index contributed by atoms with van der Waals surface area (Å²) in [4.78, 5) is 0. The molecule has 0 saturated heterocycles. The highest BCUT2D eigenvalue weighted by Crippen LogP contribution is 2.49. The Morgan fingerprint density at radius 2 is 2.38 bits per heavy atom. The van der Waals surface area contributed by atoms with Crippen LogP contribution in [-0.2, 0) is 13.5 Å². The quantitative estimate of drug-likeness (QED) is 0.841. The molecule has 3 nitrogen and oxygen atoms in total.